The number of hydrogen-bond donors (Lipinski definition) is 2. The highest BCUT2D eigenvalue weighted by atomic mass is 35.5. The zero-order valence-corrected chi connectivity index (χ0v) is 23.9. The monoisotopic (exact) mass is 602 g/mol. The van der Waals surface area contributed by atoms with Crippen LogP contribution in [0, 0.1) is 5.82 Å². The Morgan fingerprint density at radius 2 is 1.85 bits per heavy atom. The smallest absolute Gasteiger partial charge is 0.228 e. The number of carbonyl (C=O) groups excluding carboxylic acids is 1. The molecule has 2 unspecified atom stereocenters. The van der Waals surface area contributed by atoms with Crippen molar-refractivity contribution in [2.75, 3.05) is 12.4 Å². The second-order valence-corrected chi connectivity index (χ2v) is 11.7. The van der Waals surface area contributed by atoms with E-state index in [0.29, 0.717) is 56.9 Å². The van der Waals surface area contributed by atoms with Crippen LogP contribution in [-0.2, 0) is 27.7 Å². The minimum absolute atomic E-state index is 0.100. The van der Waals surface area contributed by atoms with E-state index in [1.165, 1.54) is 19.2 Å². The fourth-order valence-electron chi connectivity index (χ4n) is 4.66. The van der Waals surface area contributed by atoms with Gasteiger partial charge in [0.1, 0.15) is 0 Å². The molecular formula is C29H25Cl2FN2O5S. The van der Waals surface area contributed by atoms with E-state index in [2.05, 4.69) is 10.3 Å². The van der Waals surface area contributed by atoms with Crippen molar-refractivity contribution >= 4 is 45.9 Å². The number of carbonyl (C=O) groups is 1. The van der Waals surface area contributed by atoms with E-state index in [-0.39, 0.29) is 18.1 Å². The number of halogens is 3. The van der Waals surface area contributed by atoms with E-state index >= 15 is 0 Å². The summed E-state index contributed by atoms with van der Waals surface area (Å²) in [4.78, 5) is 17.2. The quantitative estimate of drug-likeness (QED) is 0.194. The number of methoxy groups -OCH3 is 1. The van der Waals surface area contributed by atoms with Gasteiger partial charge in [-0.05, 0) is 61.2 Å². The summed E-state index contributed by atoms with van der Waals surface area (Å²) in [5, 5.41) is 3.04. The van der Waals surface area contributed by atoms with Crippen molar-refractivity contribution in [2.24, 2.45) is 0 Å². The van der Waals surface area contributed by atoms with Crippen molar-refractivity contribution in [3.63, 3.8) is 0 Å². The van der Waals surface area contributed by atoms with Gasteiger partial charge in [0.15, 0.2) is 28.4 Å². The fraction of sp³-hybridized carbons (Fsp3) is 0.241. The number of nitrogens with one attached hydrogen (secondary N) is 1. The van der Waals surface area contributed by atoms with E-state index < -0.39 is 27.6 Å². The van der Waals surface area contributed by atoms with Crippen molar-refractivity contribution in [1.82, 2.24) is 4.98 Å². The molecule has 1 amide bonds. The molecule has 0 aliphatic heterocycles. The molecule has 1 fully saturated rings. The van der Waals surface area contributed by atoms with Crippen LogP contribution in [0.4, 0.5) is 10.1 Å². The van der Waals surface area contributed by atoms with E-state index in [9.17, 15) is 17.9 Å². The molecule has 2 N–H and O–H groups in total. The molecule has 1 aliphatic rings. The first-order valence-electron chi connectivity index (χ1n) is 12.4. The van der Waals surface area contributed by atoms with Crippen molar-refractivity contribution < 1.29 is 27.1 Å². The Labute approximate surface area is 243 Å². The van der Waals surface area contributed by atoms with Crippen molar-refractivity contribution in [3.8, 4) is 17.1 Å². The molecule has 0 bridgehead atoms. The highest BCUT2D eigenvalue weighted by Gasteiger charge is 2.52. The standard InChI is InChI=1S/C29H25Cl2FN2O5S/c1-16(40(36)37)18-5-3-17(4-6-18)11-26(35)34-20-13-21(30)27(22(31)14-20)29(9-10-29)28-33-15-25(39-28)19-7-8-24(38-2)23(32)12-19/h3-8,12-16H,9-11H2,1-2H3,(H,34,35)(H,36,37). The number of hydrogen-bond acceptors (Lipinski definition) is 5. The molecule has 3 aromatic carbocycles. The van der Waals surface area contributed by atoms with Gasteiger partial charge in [0.2, 0.25) is 11.8 Å². The van der Waals surface area contributed by atoms with Crippen LogP contribution in [0.2, 0.25) is 10.0 Å². The maximum atomic E-state index is 14.2. The minimum atomic E-state index is -1.97. The largest absolute Gasteiger partial charge is 0.494 e. The number of benzene rings is 3. The summed E-state index contributed by atoms with van der Waals surface area (Å²) < 4.78 is 45.8. The van der Waals surface area contributed by atoms with Crippen molar-refractivity contribution in [1.29, 1.82) is 0 Å². The van der Waals surface area contributed by atoms with Gasteiger partial charge in [-0.1, -0.05) is 47.5 Å². The fourth-order valence-corrected chi connectivity index (χ4v) is 5.90. The van der Waals surface area contributed by atoms with Crippen LogP contribution in [-0.4, -0.2) is 26.8 Å². The minimum Gasteiger partial charge on any atom is -0.494 e. The molecular weight excluding hydrogens is 578 g/mol. The first-order chi connectivity index (χ1) is 19.1. The molecule has 0 radical (unpaired) electrons. The first kappa shape index (κ1) is 28.3. The zero-order chi connectivity index (χ0) is 28.6. The Morgan fingerprint density at radius 3 is 2.42 bits per heavy atom. The average Bonchev–Trinajstić information content (AvgIpc) is 3.54. The second kappa shape index (κ2) is 11.3. The first-order valence-corrected chi connectivity index (χ1v) is 14.3. The van der Waals surface area contributed by atoms with Gasteiger partial charge in [0, 0.05) is 26.9 Å². The maximum absolute atomic E-state index is 14.2. The molecule has 7 nitrogen and oxygen atoms in total. The molecule has 208 valence electrons. The molecule has 0 saturated heterocycles. The summed E-state index contributed by atoms with van der Waals surface area (Å²) in [6.07, 6.45) is 3.08. The Balaban J connectivity index is 1.31. The van der Waals surface area contributed by atoms with Crippen LogP contribution in [0.25, 0.3) is 11.3 Å². The van der Waals surface area contributed by atoms with Crippen LogP contribution < -0.4 is 10.1 Å². The van der Waals surface area contributed by atoms with Crippen LogP contribution in [0.15, 0.2) is 65.2 Å². The van der Waals surface area contributed by atoms with Crippen LogP contribution in [0.3, 0.4) is 0 Å². The van der Waals surface area contributed by atoms with Gasteiger partial charge in [-0.15, -0.1) is 0 Å². The molecule has 1 heterocycles. The lowest BCUT2D eigenvalue weighted by Gasteiger charge is -2.17. The average molecular weight is 603 g/mol. The van der Waals surface area contributed by atoms with Gasteiger partial charge < -0.3 is 19.0 Å². The summed E-state index contributed by atoms with van der Waals surface area (Å²) in [6.45, 7) is 1.66. The summed E-state index contributed by atoms with van der Waals surface area (Å²) in [7, 11) is 1.40. The predicted molar refractivity (Wildman–Crippen MR) is 153 cm³/mol. The van der Waals surface area contributed by atoms with Crippen molar-refractivity contribution in [2.45, 2.75) is 36.9 Å². The zero-order valence-electron chi connectivity index (χ0n) is 21.5. The molecule has 1 aliphatic carbocycles. The Hall–Kier alpha value is -3.24. The van der Waals surface area contributed by atoms with Gasteiger partial charge in [-0.3, -0.25) is 4.79 Å². The molecule has 2 atom stereocenters. The lowest BCUT2D eigenvalue weighted by atomic mass is 9.95. The number of aromatic nitrogens is 1. The third-order valence-corrected chi connectivity index (χ3v) is 8.50. The molecule has 1 saturated carbocycles. The lowest BCUT2D eigenvalue weighted by Crippen LogP contribution is -2.16. The topological polar surface area (TPSA) is 102 Å². The molecule has 40 heavy (non-hydrogen) atoms. The third-order valence-electron chi connectivity index (χ3n) is 7.02. The normalized spacial score (nSPS) is 15.3. The second-order valence-electron chi connectivity index (χ2n) is 9.66. The highest BCUT2D eigenvalue weighted by molar-refractivity contribution is 7.79. The van der Waals surface area contributed by atoms with Crippen molar-refractivity contribution in [3.05, 3.63) is 99.2 Å². The van der Waals surface area contributed by atoms with Crippen LogP contribution >= 0.6 is 23.2 Å². The van der Waals surface area contributed by atoms with Gasteiger partial charge in [-0.25, -0.2) is 13.6 Å². The van der Waals surface area contributed by atoms with Gasteiger partial charge in [-0.2, -0.15) is 0 Å². The maximum Gasteiger partial charge on any atom is 0.228 e. The summed E-state index contributed by atoms with van der Waals surface area (Å²) in [6, 6.07) is 14.8. The Morgan fingerprint density at radius 1 is 1.18 bits per heavy atom. The molecule has 5 rings (SSSR count). The number of rotatable bonds is 9. The Kier molecular flexibility index (Phi) is 8.01. The predicted octanol–water partition coefficient (Wildman–Crippen LogP) is 7.34. The van der Waals surface area contributed by atoms with Gasteiger partial charge in [0.05, 0.1) is 30.4 Å². The lowest BCUT2D eigenvalue weighted by molar-refractivity contribution is -0.115. The molecule has 11 heteroatoms. The summed E-state index contributed by atoms with van der Waals surface area (Å²) in [5.74, 6) is 0.205. The highest BCUT2D eigenvalue weighted by Crippen LogP contribution is 2.57. The number of amides is 1. The Bertz CT molecular complexity index is 1580. The summed E-state index contributed by atoms with van der Waals surface area (Å²) >= 11 is 11.4. The molecule has 4 aromatic rings. The molecule has 0 spiro atoms. The third kappa shape index (κ3) is 5.65. The SMILES string of the molecule is COc1ccc(-c2cnc(C3(c4c(Cl)cc(NC(=O)Cc5ccc(C(C)S(=O)O)cc5)cc4Cl)CC3)o2)cc1F. The van der Waals surface area contributed by atoms with E-state index in [1.54, 1.807) is 55.6 Å². The van der Waals surface area contributed by atoms with E-state index in [4.69, 9.17) is 32.4 Å². The number of anilines is 1. The van der Waals surface area contributed by atoms with E-state index in [1.807, 2.05) is 0 Å². The van der Waals surface area contributed by atoms with Gasteiger partial charge >= 0.3 is 0 Å². The number of ether oxygens (including phenoxy) is 1. The van der Waals surface area contributed by atoms with E-state index in [0.717, 1.165) is 5.56 Å². The summed E-state index contributed by atoms with van der Waals surface area (Å²) in [5.41, 5.74) is 2.48. The van der Waals surface area contributed by atoms with Crippen LogP contribution in [0.5, 0.6) is 5.75 Å². The van der Waals surface area contributed by atoms with Gasteiger partial charge in [0.25, 0.3) is 0 Å². The number of oxazole rings is 1. The number of nitrogens with zero attached hydrogens (tertiary/aromatic N) is 1. The molecule has 1 aromatic heterocycles. The van der Waals surface area contributed by atoms with Crippen LogP contribution in [0.1, 0.15) is 47.6 Å².